The molecule has 1 saturated heterocycles. The van der Waals surface area contributed by atoms with E-state index in [1.807, 2.05) is 12.3 Å². The minimum Gasteiger partial charge on any atom is -0.382 e. The molecule has 1 aromatic rings. The Morgan fingerprint density at radius 2 is 2.44 bits per heavy atom. The highest BCUT2D eigenvalue weighted by atomic mass is 79.9. The van der Waals surface area contributed by atoms with E-state index >= 15 is 0 Å². The highest BCUT2D eigenvalue weighted by Crippen LogP contribution is 2.15. The second-order valence-electron chi connectivity index (χ2n) is 4.78. The molecule has 0 radical (unpaired) electrons. The van der Waals surface area contributed by atoms with Crippen molar-refractivity contribution in [2.24, 2.45) is 0 Å². The third-order valence-electron chi connectivity index (χ3n) is 3.29. The van der Waals surface area contributed by atoms with Crippen LogP contribution in [0.15, 0.2) is 22.9 Å². The Bertz CT molecular complexity index is 388. The van der Waals surface area contributed by atoms with E-state index in [1.54, 1.807) is 6.20 Å². The lowest BCUT2D eigenvalue weighted by Gasteiger charge is -2.38. The predicted octanol–water partition coefficient (Wildman–Crippen LogP) is 2.37. The number of hydrogen-bond acceptors (Lipinski definition) is 4. The molecule has 0 bridgehead atoms. The van der Waals surface area contributed by atoms with Gasteiger partial charge < -0.3 is 10.1 Å². The van der Waals surface area contributed by atoms with E-state index in [-0.39, 0.29) is 0 Å². The van der Waals surface area contributed by atoms with Gasteiger partial charge in [0.2, 0.25) is 0 Å². The molecule has 2 atom stereocenters. The van der Waals surface area contributed by atoms with Crippen molar-refractivity contribution in [2.75, 3.05) is 31.6 Å². The molecule has 100 valence electrons. The Hall–Kier alpha value is -0.650. The van der Waals surface area contributed by atoms with Gasteiger partial charge in [0.25, 0.3) is 0 Å². The Labute approximate surface area is 117 Å². The van der Waals surface area contributed by atoms with Gasteiger partial charge in [0.15, 0.2) is 0 Å². The van der Waals surface area contributed by atoms with Crippen LogP contribution in [0.25, 0.3) is 0 Å². The van der Waals surface area contributed by atoms with Crippen LogP contribution in [0.5, 0.6) is 0 Å². The second kappa shape index (κ2) is 6.50. The number of ether oxygens (including phenoxy) is 1. The lowest BCUT2D eigenvalue weighted by Crippen LogP contribution is -2.50. The number of pyridine rings is 1. The van der Waals surface area contributed by atoms with E-state index in [4.69, 9.17) is 4.74 Å². The van der Waals surface area contributed by atoms with Crippen LogP contribution in [0.3, 0.4) is 0 Å². The lowest BCUT2D eigenvalue weighted by molar-refractivity contribution is -0.0159. The molecule has 2 unspecified atom stereocenters. The molecule has 0 aromatic carbocycles. The largest absolute Gasteiger partial charge is 0.382 e. The molecular formula is C13H20BrN3O. The van der Waals surface area contributed by atoms with Gasteiger partial charge in [-0.25, -0.2) is 0 Å². The van der Waals surface area contributed by atoms with Gasteiger partial charge >= 0.3 is 0 Å². The van der Waals surface area contributed by atoms with Crippen molar-refractivity contribution in [3.63, 3.8) is 0 Å². The van der Waals surface area contributed by atoms with Gasteiger partial charge in [-0.2, -0.15) is 0 Å². The maximum atomic E-state index is 5.46. The molecule has 0 spiro atoms. The zero-order chi connectivity index (χ0) is 13.0. The van der Waals surface area contributed by atoms with Crippen LogP contribution in [0, 0.1) is 0 Å². The number of halogens is 1. The van der Waals surface area contributed by atoms with Gasteiger partial charge in [-0.3, -0.25) is 9.88 Å². The third kappa shape index (κ3) is 3.67. The Kier molecular flexibility index (Phi) is 4.97. The van der Waals surface area contributed by atoms with Crippen molar-refractivity contribution >= 4 is 21.6 Å². The zero-order valence-corrected chi connectivity index (χ0v) is 12.5. The first-order valence-electron chi connectivity index (χ1n) is 6.34. The monoisotopic (exact) mass is 313 g/mol. The summed E-state index contributed by atoms with van der Waals surface area (Å²) < 4.78 is 6.46. The molecule has 1 aliphatic heterocycles. The quantitative estimate of drug-likeness (QED) is 0.926. The van der Waals surface area contributed by atoms with E-state index in [1.165, 1.54) is 0 Å². The van der Waals surface area contributed by atoms with E-state index in [2.05, 4.69) is 45.0 Å². The van der Waals surface area contributed by atoms with Crippen molar-refractivity contribution in [1.29, 1.82) is 0 Å². The second-order valence-corrected chi connectivity index (χ2v) is 5.70. The van der Waals surface area contributed by atoms with Crippen LogP contribution in [-0.4, -0.2) is 48.3 Å². The van der Waals surface area contributed by atoms with Crippen molar-refractivity contribution < 1.29 is 4.74 Å². The highest BCUT2D eigenvalue weighted by molar-refractivity contribution is 9.10. The molecule has 5 heteroatoms. The molecule has 0 amide bonds. The zero-order valence-electron chi connectivity index (χ0n) is 10.9. The van der Waals surface area contributed by atoms with E-state index in [0.29, 0.717) is 12.1 Å². The summed E-state index contributed by atoms with van der Waals surface area (Å²) in [5, 5.41) is 3.43. The average Bonchev–Trinajstić information content (AvgIpc) is 2.37. The SMILES string of the molecule is CC(CNc1cncc(Br)c1)N1CCOCC1C. The fourth-order valence-corrected chi connectivity index (χ4v) is 2.65. The van der Waals surface area contributed by atoms with Crippen LogP contribution < -0.4 is 5.32 Å². The molecule has 2 heterocycles. The van der Waals surface area contributed by atoms with Gasteiger partial charge in [0, 0.05) is 35.8 Å². The highest BCUT2D eigenvalue weighted by Gasteiger charge is 2.23. The normalized spacial score (nSPS) is 22.7. The maximum Gasteiger partial charge on any atom is 0.0619 e. The topological polar surface area (TPSA) is 37.4 Å². The molecule has 1 N–H and O–H groups in total. The van der Waals surface area contributed by atoms with E-state index in [0.717, 1.165) is 36.5 Å². The number of morpholine rings is 1. The Morgan fingerprint density at radius 3 is 3.17 bits per heavy atom. The molecule has 1 aromatic heterocycles. The molecule has 4 nitrogen and oxygen atoms in total. The standard InChI is InChI=1S/C13H20BrN3O/c1-10(17-3-4-18-9-11(17)2)6-16-13-5-12(14)7-15-8-13/h5,7-8,10-11,16H,3-4,6,9H2,1-2H3. The third-order valence-corrected chi connectivity index (χ3v) is 3.73. The number of anilines is 1. The summed E-state index contributed by atoms with van der Waals surface area (Å²) in [6, 6.07) is 3.03. The summed E-state index contributed by atoms with van der Waals surface area (Å²) in [6.45, 7) is 8.08. The maximum absolute atomic E-state index is 5.46. The van der Waals surface area contributed by atoms with Crippen LogP contribution in [0.1, 0.15) is 13.8 Å². The van der Waals surface area contributed by atoms with Gasteiger partial charge in [-0.05, 0) is 35.8 Å². The summed E-state index contributed by atoms with van der Waals surface area (Å²) >= 11 is 3.43. The molecular weight excluding hydrogens is 294 g/mol. The lowest BCUT2D eigenvalue weighted by atomic mass is 10.2. The molecule has 0 saturated carbocycles. The minimum absolute atomic E-state index is 0.489. The van der Waals surface area contributed by atoms with Crippen molar-refractivity contribution in [1.82, 2.24) is 9.88 Å². The van der Waals surface area contributed by atoms with Crippen molar-refractivity contribution in [3.05, 3.63) is 22.9 Å². The van der Waals surface area contributed by atoms with E-state index < -0.39 is 0 Å². The summed E-state index contributed by atoms with van der Waals surface area (Å²) in [6.07, 6.45) is 3.64. The molecule has 1 fully saturated rings. The van der Waals surface area contributed by atoms with Gasteiger partial charge in [-0.15, -0.1) is 0 Å². The average molecular weight is 314 g/mol. The van der Waals surface area contributed by atoms with Crippen LogP contribution >= 0.6 is 15.9 Å². The van der Waals surface area contributed by atoms with Gasteiger partial charge in [0.05, 0.1) is 25.1 Å². The number of nitrogens with one attached hydrogen (secondary N) is 1. The summed E-state index contributed by atoms with van der Waals surface area (Å²) in [5.41, 5.74) is 1.05. The molecule has 18 heavy (non-hydrogen) atoms. The number of nitrogens with zero attached hydrogens (tertiary/aromatic N) is 2. The summed E-state index contributed by atoms with van der Waals surface area (Å²) in [7, 11) is 0. The van der Waals surface area contributed by atoms with Gasteiger partial charge in [0.1, 0.15) is 0 Å². The number of hydrogen-bond donors (Lipinski definition) is 1. The van der Waals surface area contributed by atoms with Crippen molar-refractivity contribution in [3.8, 4) is 0 Å². The van der Waals surface area contributed by atoms with Crippen molar-refractivity contribution in [2.45, 2.75) is 25.9 Å². The number of aromatic nitrogens is 1. The fraction of sp³-hybridized carbons (Fsp3) is 0.615. The minimum atomic E-state index is 0.489. The van der Waals surface area contributed by atoms with E-state index in [9.17, 15) is 0 Å². The predicted molar refractivity (Wildman–Crippen MR) is 76.9 cm³/mol. The first kappa shape index (κ1) is 13.8. The van der Waals surface area contributed by atoms with Crippen LogP contribution in [0.2, 0.25) is 0 Å². The molecule has 2 rings (SSSR count). The summed E-state index contributed by atoms with van der Waals surface area (Å²) in [4.78, 5) is 6.63. The number of rotatable bonds is 4. The fourth-order valence-electron chi connectivity index (χ4n) is 2.29. The first-order chi connectivity index (χ1) is 8.66. The smallest absolute Gasteiger partial charge is 0.0619 e. The molecule has 0 aliphatic carbocycles. The van der Waals surface area contributed by atoms with Crippen LogP contribution in [0.4, 0.5) is 5.69 Å². The summed E-state index contributed by atoms with van der Waals surface area (Å²) in [5.74, 6) is 0. The van der Waals surface area contributed by atoms with Crippen LogP contribution in [-0.2, 0) is 4.74 Å². The first-order valence-corrected chi connectivity index (χ1v) is 7.14. The van der Waals surface area contributed by atoms with Gasteiger partial charge in [-0.1, -0.05) is 0 Å². The Morgan fingerprint density at radius 1 is 1.61 bits per heavy atom. The Balaban J connectivity index is 1.85. The molecule has 1 aliphatic rings.